The minimum Gasteiger partial charge on any atom is -0.454 e. The van der Waals surface area contributed by atoms with E-state index in [0.29, 0.717) is 5.92 Å². The van der Waals surface area contributed by atoms with Gasteiger partial charge in [0.15, 0.2) is 11.6 Å². The molecule has 0 spiro atoms. The first-order chi connectivity index (χ1) is 16.7. The van der Waals surface area contributed by atoms with Gasteiger partial charge in [-0.1, -0.05) is 51.9 Å². The van der Waals surface area contributed by atoms with E-state index in [9.17, 15) is 17.6 Å². The fourth-order valence-electron chi connectivity index (χ4n) is 5.92. The van der Waals surface area contributed by atoms with Crippen molar-refractivity contribution < 1.29 is 26.7 Å². The number of halogens is 5. The van der Waals surface area contributed by atoms with Crippen LogP contribution in [0.5, 0.6) is 11.5 Å². The molecule has 0 aromatic heterocycles. The van der Waals surface area contributed by atoms with Crippen LogP contribution in [-0.2, 0) is 6.18 Å². The van der Waals surface area contributed by atoms with Gasteiger partial charge in [-0.2, -0.15) is 13.2 Å². The Bertz CT molecular complexity index is 952. The summed E-state index contributed by atoms with van der Waals surface area (Å²) in [6, 6.07) is 7.51. The first kappa shape index (κ1) is 26.0. The van der Waals surface area contributed by atoms with Gasteiger partial charge in [-0.15, -0.1) is 0 Å². The molecule has 2 aromatic carbocycles. The topological polar surface area (TPSA) is 9.23 Å². The van der Waals surface area contributed by atoms with Crippen molar-refractivity contribution in [2.45, 2.75) is 89.6 Å². The lowest BCUT2D eigenvalue weighted by molar-refractivity contribution is -0.137. The van der Waals surface area contributed by atoms with Crippen molar-refractivity contribution in [2.24, 2.45) is 17.8 Å². The summed E-state index contributed by atoms with van der Waals surface area (Å²) in [6.07, 6.45) is 8.05. The first-order valence-electron chi connectivity index (χ1n) is 13.0. The van der Waals surface area contributed by atoms with Gasteiger partial charge in [-0.05, 0) is 79.7 Å². The lowest BCUT2D eigenvalue weighted by Crippen LogP contribution is -2.18. The van der Waals surface area contributed by atoms with Gasteiger partial charge in [-0.3, -0.25) is 0 Å². The van der Waals surface area contributed by atoms with Crippen molar-refractivity contribution in [3.05, 3.63) is 59.2 Å². The molecule has 0 heterocycles. The van der Waals surface area contributed by atoms with E-state index in [-0.39, 0.29) is 23.0 Å². The Kier molecular flexibility index (Phi) is 8.38. The summed E-state index contributed by atoms with van der Waals surface area (Å²) in [4.78, 5) is 0. The van der Waals surface area contributed by atoms with Gasteiger partial charge in [0.25, 0.3) is 0 Å². The SMILES string of the molecule is CC[C@H]1CC[C@H](CCC2CCC(c3c(F)c[c]c(Oc4ccc(C(F)(F)F)cc4)c3F)CC2)CC1. The average molecular weight is 494 g/mol. The molecule has 0 bridgehead atoms. The van der Waals surface area contributed by atoms with E-state index < -0.39 is 23.4 Å². The highest BCUT2D eigenvalue weighted by Gasteiger charge is 2.31. The monoisotopic (exact) mass is 493 g/mol. The molecule has 191 valence electrons. The van der Waals surface area contributed by atoms with E-state index >= 15 is 4.39 Å². The average Bonchev–Trinajstić information content (AvgIpc) is 2.85. The maximum Gasteiger partial charge on any atom is 0.416 e. The fourth-order valence-corrected chi connectivity index (χ4v) is 5.92. The molecular weight excluding hydrogens is 459 g/mol. The Balaban J connectivity index is 1.33. The van der Waals surface area contributed by atoms with Gasteiger partial charge in [0, 0.05) is 11.6 Å². The summed E-state index contributed by atoms with van der Waals surface area (Å²) in [5, 5.41) is 0. The molecular formula is C29H34F5O. The van der Waals surface area contributed by atoms with Crippen molar-refractivity contribution in [3.63, 3.8) is 0 Å². The summed E-state index contributed by atoms with van der Waals surface area (Å²) in [5.74, 6) is 0.436. The molecule has 2 aliphatic rings. The fraction of sp³-hybridized carbons (Fsp3) is 0.586. The molecule has 4 rings (SSSR count). The Morgan fingerprint density at radius 3 is 1.91 bits per heavy atom. The van der Waals surface area contributed by atoms with Gasteiger partial charge >= 0.3 is 6.18 Å². The van der Waals surface area contributed by atoms with Gasteiger partial charge in [0.2, 0.25) is 0 Å². The van der Waals surface area contributed by atoms with Crippen LogP contribution in [0, 0.1) is 35.5 Å². The molecule has 0 aliphatic heterocycles. The second-order valence-corrected chi connectivity index (χ2v) is 10.4. The van der Waals surface area contributed by atoms with Gasteiger partial charge in [0.1, 0.15) is 11.6 Å². The zero-order chi connectivity index (χ0) is 25.0. The van der Waals surface area contributed by atoms with Gasteiger partial charge in [0.05, 0.1) is 5.56 Å². The number of benzene rings is 2. The quantitative estimate of drug-likeness (QED) is 0.349. The molecule has 0 atom stereocenters. The second-order valence-electron chi connectivity index (χ2n) is 10.4. The molecule has 2 fully saturated rings. The van der Waals surface area contributed by atoms with Crippen molar-refractivity contribution in [2.75, 3.05) is 0 Å². The van der Waals surface area contributed by atoms with E-state index in [1.807, 2.05) is 0 Å². The molecule has 2 aromatic rings. The largest absolute Gasteiger partial charge is 0.454 e. The molecule has 0 saturated heterocycles. The van der Waals surface area contributed by atoms with Crippen LogP contribution >= 0.6 is 0 Å². The number of ether oxygens (including phenoxy) is 1. The molecule has 1 nitrogen and oxygen atoms in total. The molecule has 1 radical (unpaired) electrons. The van der Waals surface area contributed by atoms with Crippen LogP contribution in [0.2, 0.25) is 0 Å². The minimum absolute atomic E-state index is 0.0157. The summed E-state index contributed by atoms with van der Waals surface area (Å²) < 4.78 is 73.6. The molecule has 0 amide bonds. The maximum atomic E-state index is 15.2. The lowest BCUT2D eigenvalue weighted by Gasteiger charge is -2.32. The summed E-state index contributed by atoms with van der Waals surface area (Å²) in [7, 11) is 0. The van der Waals surface area contributed by atoms with Crippen LogP contribution in [0.1, 0.15) is 94.6 Å². The zero-order valence-corrected chi connectivity index (χ0v) is 20.3. The van der Waals surface area contributed by atoms with Crippen LogP contribution in [0.15, 0.2) is 30.3 Å². The highest BCUT2D eigenvalue weighted by molar-refractivity contribution is 5.38. The summed E-state index contributed by atoms with van der Waals surface area (Å²) in [5.41, 5.74) is -0.804. The standard InChI is InChI=1S/C29H34F5O/c1-2-19-3-5-20(6-4-19)7-8-21-9-11-22(12-10-21)27-25(30)17-18-26(28(27)31)35-24-15-13-23(14-16-24)29(32,33)34/h13-17,19-22H,2-12H2,1H3/t19-,20-,21?,22?. The first-order valence-corrected chi connectivity index (χ1v) is 13.0. The van der Waals surface area contributed by atoms with Crippen molar-refractivity contribution in [3.8, 4) is 11.5 Å². The van der Waals surface area contributed by atoms with E-state index in [0.717, 1.165) is 67.9 Å². The highest BCUT2D eigenvalue weighted by Crippen LogP contribution is 2.43. The maximum absolute atomic E-state index is 15.2. The van der Waals surface area contributed by atoms with E-state index in [1.165, 1.54) is 44.9 Å². The predicted octanol–water partition coefficient (Wildman–Crippen LogP) is 9.85. The van der Waals surface area contributed by atoms with Gasteiger partial charge < -0.3 is 4.74 Å². The van der Waals surface area contributed by atoms with Crippen molar-refractivity contribution >= 4 is 0 Å². The lowest BCUT2D eigenvalue weighted by atomic mass is 9.74. The Morgan fingerprint density at radius 1 is 0.829 bits per heavy atom. The molecule has 35 heavy (non-hydrogen) atoms. The highest BCUT2D eigenvalue weighted by atomic mass is 19.4. The molecule has 0 N–H and O–H groups in total. The molecule has 2 saturated carbocycles. The zero-order valence-electron chi connectivity index (χ0n) is 20.3. The van der Waals surface area contributed by atoms with E-state index in [1.54, 1.807) is 0 Å². The Morgan fingerprint density at radius 2 is 1.37 bits per heavy atom. The third-order valence-electron chi connectivity index (χ3n) is 8.21. The second kappa shape index (κ2) is 11.3. The number of alkyl halides is 3. The minimum atomic E-state index is -4.47. The van der Waals surface area contributed by atoms with Crippen molar-refractivity contribution in [1.82, 2.24) is 0 Å². The number of rotatable bonds is 7. The van der Waals surface area contributed by atoms with Crippen LogP contribution < -0.4 is 4.74 Å². The van der Waals surface area contributed by atoms with Gasteiger partial charge in [-0.25, -0.2) is 8.78 Å². The molecule has 2 aliphatic carbocycles. The van der Waals surface area contributed by atoms with Crippen LogP contribution in [0.4, 0.5) is 22.0 Å². The normalized spacial score (nSPS) is 25.4. The third-order valence-corrected chi connectivity index (χ3v) is 8.21. The summed E-state index contributed by atoms with van der Waals surface area (Å²) >= 11 is 0. The molecule has 6 heteroatoms. The van der Waals surface area contributed by atoms with Crippen LogP contribution in [0.3, 0.4) is 0 Å². The van der Waals surface area contributed by atoms with Crippen LogP contribution in [-0.4, -0.2) is 0 Å². The summed E-state index contributed by atoms with van der Waals surface area (Å²) in [6.45, 7) is 2.28. The number of hydrogen-bond acceptors (Lipinski definition) is 1. The molecule has 0 unspecified atom stereocenters. The van der Waals surface area contributed by atoms with E-state index in [2.05, 4.69) is 13.0 Å². The third kappa shape index (κ3) is 6.56. The Hall–Kier alpha value is -2.11. The predicted molar refractivity (Wildman–Crippen MR) is 126 cm³/mol. The van der Waals surface area contributed by atoms with Crippen LogP contribution in [0.25, 0.3) is 0 Å². The van der Waals surface area contributed by atoms with E-state index in [4.69, 9.17) is 4.74 Å². The van der Waals surface area contributed by atoms with Crippen molar-refractivity contribution in [1.29, 1.82) is 0 Å². The number of hydrogen-bond donors (Lipinski definition) is 0. The smallest absolute Gasteiger partial charge is 0.416 e. The Labute approximate surface area is 205 Å².